The van der Waals surface area contributed by atoms with Crippen LogP contribution in [0, 0.1) is 13.8 Å². The van der Waals surface area contributed by atoms with Crippen LogP contribution in [0.3, 0.4) is 0 Å². The van der Waals surface area contributed by atoms with E-state index >= 15 is 0 Å². The average Bonchev–Trinajstić information content (AvgIpc) is 3.20. The van der Waals surface area contributed by atoms with Crippen LogP contribution in [0.2, 0.25) is 0 Å². The van der Waals surface area contributed by atoms with Gasteiger partial charge in [0.05, 0.1) is 31.3 Å². The van der Waals surface area contributed by atoms with Crippen LogP contribution in [0.5, 0.6) is 11.5 Å². The number of hydrogen-bond acceptors (Lipinski definition) is 5. The first-order valence-corrected chi connectivity index (χ1v) is 10.4. The van der Waals surface area contributed by atoms with Crippen LogP contribution in [0.1, 0.15) is 21.7 Å². The van der Waals surface area contributed by atoms with Gasteiger partial charge in [0.15, 0.2) is 0 Å². The summed E-state index contributed by atoms with van der Waals surface area (Å²) in [6.07, 6.45) is 0. The number of anilines is 1. The first-order valence-electron chi connectivity index (χ1n) is 10.4. The van der Waals surface area contributed by atoms with Gasteiger partial charge >= 0.3 is 0 Å². The summed E-state index contributed by atoms with van der Waals surface area (Å²) in [5.74, 6) is 1.53. The van der Waals surface area contributed by atoms with Crippen molar-refractivity contribution in [1.82, 2.24) is 14.7 Å². The summed E-state index contributed by atoms with van der Waals surface area (Å²) in [7, 11) is 3.30. The van der Waals surface area contributed by atoms with Crippen molar-refractivity contribution in [3.63, 3.8) is 0 Å². The van der Waals surface area contributed by atoms with Crippen LogP contribution in [-0.2, 0) is 0 Å². The van der Waals surface area contributed by atoms with Crippen molar-refractivity contribution in [3.8, 4) is 17.2 Å². The summed E-state index contributed by atoms with van der Waals surface area (Å²) in [6, 6.07) is 15.7. The molecule has 1 aliphatic rings. The highest BCUT2D eigenvalue weighted by Gasteiger charge is 2.26. The molecular formula is C24H28N4O3. The van der Waals surface area contributed by atoms with Gasteiger partial charge in [-0.15, -0.1) is 0 Å². The quantitative estimate of drug-likeness (QED) is 0.633. The minimum Gasteiger partial charge on any atom is -0.497 e. The zero-order valence-electron chi connectivity index (χ0n) is 18.5. The van der Waals surface area contributed by atoms with Crippen LogP contribution in [0.4, 0.5) is 5.69 Å². The molecule has 0 atom stereocenters. The summed E-state index contributed by atoms with van der Waals surface area (Å²) < 4.78 is 12.6. The molecule has 4 rings (SSSR count). The molecule has 0 radical (unpaired) electrons. The topological polar surface area (TPSA) is 59.8 Å². The van der Waals surface area contributed by atoms with Crippen LogP contribution >= 0.6 is 0 Å². The Kier molecular flexibility index (Phi) is 5.84. The van der Waals surface area contributed by atoms with Gasteiger partial charge in [0.25, 0.3) is 5.91 Å². The molecule has 162 valence electrons. The number of methoxy groups -OCH3 is 2. The Bertz CT molecular complexity index is 1070. The highest BCUT2D eigenvalue weighted by Crippen LogP contribution is 2.33. The van der Waals surface area contributed by atoms with E-state index in [1.165, 1.54) is 5.56 Å². The third kappa shape index (κ3) is 4.21. The lowest BCUT2D eigenvalue weighted by atomic mass is 10.2. The summed E-state index contributed by atoms with van der Waals surface area (Å²) in [5, 5.41) is 4.56. The molecule has 1 fully saturated rings. The fraction of sp³-hybridized carbons (Fsp3) is 0.333. The van der Waals surface area contributed by atoms with Crippen molar-refractivity contribution in [2.24, 2.45) is 0 Å². The van der Waals surface area contributed by atoms with E-state index in [0.29, 0.717) is 18.8 Å². The molecule has 3 aromatic rings. The van der Waals surface area contributed by atoms with Gasteiger partial charge in [-0.1, -0.05) is 17.7 Å². The Morgan fingerprint density at radius 3 is 2.26 bits per heavy atom. The van der Waals surface area contributed by atoms with Crippen molar-refractivity contribution in [2.45, 2.75) is 13.8 Å². The van der Waals surface area contributed by atoms with Gasteiger partial charge in [-0.2, -0.15) is 5.10 Å². The molecule has 7 heteroatoms. The number of aryl methyl sites for hydroxylation is 2. The van der Waals surface area contributed by atoms with E-state index in [9.17, 15) is 4.79 Å². The maximum Gasteiger partial charge on any atom is 0.272 e. The van der Waals surface area contributed by atoms with Crippen molar-refractivity contribution in [2.75, 3.05) is 45.3 Å². The molecule has 0 aliphatic carbocycles. The number of amides is 1. The van der Waals surface area contributed by atoms with Crippen LogP contribution in [-0.4, -0.2) is 61.0 Å². The fourth-order valence-corrected chi connectivity index (χ4v) is 3.89. The highest BCUT2D eigenvalue weighted by molar-refractivity contribution is 5.93. The second-order valence-electron chi connectivity index (χ2n) is 7.74. The van der Waals surface area contributed by atoms with Crippen LogP contribution in [0.15, 0.2) is 48.5 Å². The summed E-state index contributed by atoms with van der Waals surface area (Å²) in [5.41, 5.74) is 4.49. The van der Waals surface area contributed by atoms with E-state index in [4.69, 9.17) is 9.47 Å². The lowest BCUT2D eigenvalue weighted by Gasteiger charge is -2.36. The van der Waals surface area contributed by atoms with Gasteiger partial charge in [0.2, 0.25) is 0 Å². The monoisotopic (exact) mass is 420 g/mol. The minimum atomic E-state index is 0.00233. The number of nitrogens with zero attached hydrogens (tertiary/aromatic N) is 4. The van der Waals surface area contributed by atoms with E-state index in [-0.39, 0.29) is 5.91 Å². The molecule has 0 bridgehead atoms. The Hall–Kier alpha value is -3.48. The number of aromatic nitrogens is 2. The molecule has 1 amide bonds. The van der Waals surface area contributed by atoms with Crippen molar-refractivity contribution in [3.05, 3.63) is 65.5 Å². The van der Waals surface area contributed by atoms with Gasteiger partial charge in [0.1, 0.15) is 17.2 Å². The molecule has 1 aliphatic heterocycles. The molecule has 2 heterocycles. The summed E-state index contributed by atoms with van der Waals surface area (Å²) in [4.78, 5) is 17.5. The molecule has 2 aromatic carbocycles. The number of carbonyl (C=O) groups is 1. The van der Waals surface area contributed by atoms with Crippen LogP contribution < -0.4 is 14.4 Å². The first kappa shape index (κ1) is 20.8. The first-order chi connectivity index (χ1) is 15.0. The lowest BCUT2D eigenvalue weighted by Crippen LogP contribution is -2.49. The van der Waals surface area contributed by atoms with Crippen LogP contribution in [0.25, 0.3) is 5.69 Å². The van der Waals surface area contributed by atoms with E-state index < -0.39 is 0 Å². The maximum absolute atomic E-state index is 13.3. The molecule has 1 saturated heterocycles. The van der Waals surface area contributed by atoms with Gasteiger partial charge < -0.3 is 19.3 Å². The highest BCUT2D eigenvalue weighted by atomic mass is 16.5. The largest absolute Gasteiger partial charge is 0.497 e. The predicted molar refractivity (Wildman–Crippen MR) is 121 cm³/mol. The Balaban J connectivity index is 1.50. The molecule has 0 saturated carbocycles. The molecule has 7 nitrogen and oxygen atoms in total. The van der Waals surface area contributed by atoms with Gasteiger partial charge in [-0.3, -0.25) is 4.79 Å². The van der Waals surface area contributed by atoms with E-state index in [2.05, 4.69) is 10.00 Å². The predicted octanol–water partition coefficient (Wildman–Crippen LogP) is 3.47. The Morgan fingerprint density at radius 2 is 1.61 bits per heavy atom. The second kappa shape index (κ2) is 8.71. The number of piperazine rings is 1. The molecular weight excluding hydrogens is 392 g/mol. The Labute approximate surface area is 182 Å². The lowest BCUT2D eigenvalue weighted by molar-refractivity contribution is 0.0737. The third-order valence-electron chi connectivity index (χ3n) is 5.62. The summed E-state index contributed by atoms with van der Waals surface area (Å²) >= 11 is 0. The maximum atomic E-state index is 13.3. The molecule has 0 unspecified atom stereocenters. The van der Waals surface area contributed by atoms with Gasteiger partial charge in [-0.05, 0) is 44.2 Å². The SMILES string of the molecule is COc1ccc(N2CCN(C(=O)c3cc(C)nn3-c3ccc(C)cc3)CC2)c(OC)c1. The van der Waals surface area contributed by atoms with Crippen molar-refractivity contribution in [1.29, 1.82) is 0 Å². The standard InChI is InChI=1S/C24H28N4O3/c1-17-5-7-19(8-6-17)28-22(15-18(2)25-28)24(29)27-13-11-26(12-14-27)21-10-9-20(30-3)16-23(21)31-4/h5-10,15-16H,11-14H2,1-4H3. The van der Waals surface area contributed by atoms with Crippen molar-refractivity contribution < 1.29 is 14.3 Å². The zero-order chi connectivity index (χ0) is 22.0. The van der Waals surface area contributed by atoms with E-state index in [1.807, 2.05) is 67.3 Å². The number of hydrogen-bond donors (Lipinski definition) is 0. The minimum absolute atomic E-state index is 0.00233. The number of rotatable bonds is 5. The molecule has 0 spiro atoms. The molecule has 31 heavy (non-hydrogen) atoms. The molecule has 1 aromatic heterocycles. The van der Waals surface area contributed by atoms with Crippen molar-refractivity contribution >= 4 is 11.6 Å². The van der Waals surface area contributed by atoms with Gasteiger partial charge in [-0.25, -0.2) is 4.68 Å². The molecule has 0 N–H and O–H groups in total. The number of carbonyl (C=O) groups excluding carboxylic acids is 1. The van der Waals surface area contributed by atoms with Gasteiger partial charge in [0, 0.05) is 32.2 Å². The number of ether oxygens (including phenoxy) is 2. The zero-order valence-corrected chi connectivity index (χ0v) is 18.5. The third-order valence-corrected chi connectivity index (χ3v) is 5.62. The second-order valence-corrected chi connectivity index (χ2v) is 7.74. The smallest absolute Gasteiger partial charge is 0.272 e. The number of benzene rings is 2. The Morgan fingerprint density at radius 1 is 0.903 bits per heavy atom. The summed E-state index contributed by atoms with van der Waals surface area (Å²) in [6.45, 7) is 6.67. The van der Waals surface area contributed by atoms with E-state index in [0.717, 1.165) is 41.7 Å². The normalized spacial score (nSPS) is 13.9. The van der Waals surface area contributed by atoms with E-state index in [1.54, 1.807) is 18.9 Å². The fourth-order valence-electron chi connectivity index (χ4n) is 3.89. The average molecular weight is 421 g/mol.